The summed E-state index contributed by atoms with van der Waals surface area (Å²) in [5.74, 6) is 3.90. The Bertz CT molecular complexity index is 757. The molecule has 0 bridgehead atoms. The first kappa shape index (κ1) is 21.0. The highest BCUT2D eigenvalue weighted by Crippen LogP contribution is 2.40. The van der Waals surface area contributed by atoms with Crippen LogP contribution in [0.2, 0.25) is 0 Å². The zero-order valence-corrected chi connectivity index (χ0v) is 19.0. The fourth-order valence-corrected chi connectivity index (χ4v) is 6.20. The van der Waals surface area contributed by atoms with Crippen LogP contribution in [-0.4, -0.2) is 0 Å². The zero-order valence-electron chi connectivity index (χ0n) is 19.0. The number of rotatable bonds is 7. The van der Waals surface area contributed by atoms with Crippen molar-refractivity contribution in [1.82, 2.24) is 0 Å². The van der Waals surface area contributed by atoms with Gasteiger partial charge in [-0.05, 0) is 77.7 Å². The monoisotopic (exact) mass is 390 g/mol. The molecular weight excluding hydrogens is 348 g/mol. The Morgan fingerprint density at radius 3 is 1.90 bits per heavy atom. The van der Waals surface area contributed by atoms with Crippen LogP contribution in [0.1, 0.15) is 108 Å². The Morgan fingerprint density at radius 2 is 1.24 bits per heavy atom. The number of fused-ring (bicyclic) bond motifs is 1. The normalized spacial score (nSPS) is 27.9. The van der Waals surface area contributed by atoms with E-state index in [0.29, 0.717) is 0 Å². The maximum atomic E-state index is 2.49. The molecule has 2 saturated carbocycles. The van der Waals surface area contributed by atoms with Crippen LogP contribution in [0, 0.1) is 17.8 Å². The number of hydrogen-bond acceptors (Lipinski definition) is 0. The first-order valence-electron chi connectivity index (χ1n) is 12.8. The lowest BCUT2D eigenvalue weighted by Gasteiger charge is -2.32. The van der Waals surface area contributed by atoms with Crippen molar-refractivity contribution in [3.8, 4) is 0 Å². The Hall–Kier alpha value is -1.30. The van der Waals surface area contributed by atoms with Crippen LogP contribution in [0.3, 0.4) is 0 Å². The molecule has 4 rings (SSSR count). The van der Waals surface area contributed by atoms with Crippen LogP contribution in [-0.2, 0) is 6.42 Å². The van der Waals surface area contributed by atoms with E-state index in [4.69, 9.17) is 0 Å². The maximum absolute atomic E-state index is 2.49. The molecule has 0 saturated heterocycles. The van der Waals surface area contributed by atoms with Gasteiger partial charge < -0.3 is 0 Å². The lowest BCUT2D eigenvalue weighted by molar-refractivity contribution is 0.227. The van der Waals surface area contributed by atoms with Crippen molar-refractivity contribution in [2.45, 2.75) is 103 Å². The molecule has 0 N–H and O–H groups in total. The topological polar surface area (TPSA) is 0 Å². The van der Waals surface area contributed by atoms with E-state index in [9.17, 15) is 0 Å². The Balaban J connectivity index is 1.26. The van der Waals surface area contributed by atoms with Gasteiger partial charge >= 0.3 is 0 Å². The minimum absolute atomic E-state index is 0.797. The Labute approximate surface area is 179 Å². The largest absolute Gasteiger partial charge is 0.0651 e. The van der Waals surface area contributed by atoms with Gasteiger partial charge in [0.25, 0.3) is 0 Å². The van der Waals surface area contributed by atoms with E-state index < -0.39 is 0 Å². The molecule has 0 atom stereocenters. The molecule has 0 aromatic heterocycles. The third kappa shape index (κ3) is 5.44. The van der Waals surface area contributed by atoms with Gasteiger partial charge in [0, 0.05) is 0 Å². The van der Waals surface area contributed by atoms with Gasteiger partial charge in [-0.1, -0.05) is 102 Å². The van der Waals surface area contributed by atoms with Gasteiger partial charge in [0.1, 0.15) is 0 Å². The first-order chi connectivity index (χ1) is 14.2. The summed E-state index contributed by atoms with van der Waals surface area (Å²) in [6.45, 7) is 4.64. The molecule has 2 aromatic rings. The molecule has 0 aliphatic heterocycles. The third-order valence-corrected chi connectivity index (χ3v) is 8.31. The zero-order chi connectivity index (χ0) is 20.1. The highest BCUT2D eigenvalue weighted by Gasteiger charge is 2.25. The first-order valence-corrected chi connectivity index (χ1v) is 12.8. The van der Waals surface area contributed by atoms with Crippen molar-refractivity contribution >= 4 is 10.8 Å². The van der Waals surface area contributed by atoms with Crippen LogP contribution >= 0.6 is 0 Å². The molecule has 29 heavy (non-hydrogen) atoms. The van der Waals surface area contributed by atoms with Gasteiger partial charge in [0.05, 0.1) is 0 Å². The van der Waals surface area contributed by atoms with Crippen molar-refractivity contribution < 1.29 is 0 Å². The minimum atomic E-state index is 0.797. The van der Waals surface area contributed by atoms with E-state index in [0.717, 1.165) is 23.7 Å². The summed E-state index contributed by atoms with van der Waals surface area (Å²) >= 11 is 0. The fraction of sp³-hybridized carbons (Fsp3) is 0.655. The summed E-state index contributed by atoms with van der Waals surface area (Å²) in [4.78, 5) is 0. The van der Waals surface area contributed by atoms with E-state index in [1.807, 2.05) is 0 Å². The second-order valence-electron chi connectivity index (χ2n) is 10.3. The Kier molecular flexibility index (Phi) is 7.33. The van der Waals surface area contributed by atoms with Crippen molar-refractivity contribution in [1.29, 1.82) is 0 Å². The second kappa shape index (κ2) is 10.1. The SMILES string of the molecule is CCCc1ccc2cc(C3CCC(CCC4CCC(CC)CC4)CC3)ccc2c1. The van der Waals surface area contributed by atoms with Crippen molar-refractivity contribution in [3.63, 3.8) is 0 Å². The molecule has 0 heteroatoms. The highest BCUT2D eigenvalue weighted by atomic mass is 14.3. The van der Waals surface area contributed by atoms with Crippen LogP contribution in [0.15, 0.2) is 36.4 Å². The molecule has 0 radical (unpaired) electrons. The summed E-state index contributed by atoms with van der Waals surface area (Å²) in [6, 6.07) is 14.4. The lowest BCUT2D eigenvalue weighted by atomic mass is 9.74. The lowest BCUT2D eigenvalue weighted by Crippen LogP contribution is -2.17. The molecule has 2 aliphatic carbocycles. The van der Waals surface area contributed by atoms with Gasteiger partial charge in [0.2, 0.25) is 0 Å². The van der Waals surface area contributed by atoms with Gasteiger partial charge in [-0.15, -0.1) is 0 Å². The molecular formula is C29H42. The molecule has 0 amide bonds. The predicted molar refractivity (Wildman–Crippen MR) is 128 cm³/mol. The second-order valence-corrected chi connectivity index (χ2v) is 10.3. The number of hydrogen-bond donors (Lipinski definition) is 0. The van der Waals surface area contributed by atoms with Gasteiger partial charge in [-0.25, -0.2) is 0 Å². The standard InChI is InChI=1S/C29H42/c1-3-5-25-14-17-29-21-28(19-18-27(29)20-25)26-15-12-24(13-16-26)11-10-23-8-6-22(4-2)7-9-23/h14,17-24,26H,3-13,15-16H2,1-2H3. The molecule has 158 valence electrons. The highest BCUT2D eigenvalue weighted by molar-refractivity contribution is 5.84. The summed E-state index contributed by atoms with van der Waals surface area (Å²) in [6.07, 6.45) is 18.7. The number of benzene rings is 2. The van der Waals surface area contributed by atoms with E-state index in [-0.39, 0.29) is 0 Å². The molecule has 0 heterocycles. The van der Waals surface area contributed by atoms with E-state index in [1.165, 1.54) is 99.8 Å². The molecule has 2 aromatic carbocycles. The van der Waals surface area contributed by atoms with Crippen LogP contribution in [0.5, 0.6) is 0 Å². The summed E-state index contributed by atoms with van der Waals surface area (Å²) in [5, 5.41) is 2.86. The van der Waals surface area contributed by atoms with Gasteiger partial charge in [-0.2, -0.15) is 0 Å². The van der Waals surface area contributed by atoms with Crippen molar-refractivity contribution in [3.05, 3.63) is 47.5 Å². The number of aryl methyl sites for hydroxylation is 1. The average molecular weight is 391 g/mol. The average Bonchev–Trinajstić information content (AvgIpc) is 2.78. The molecule has 0 unspecified atom stereocenters. The molecule has 2 aliphatic rings. The summed E-state index contributed by atoms with van der Waals surface area (Å²) in [7, 11) is 0. The van der Waals surface area contributed by atoms with Crippen LogP contribution in [0.4, 0.5) is 0 Å². The predicted octanol–water partition coefficient (Wildman–Crippen LogP) is 9.06. The summed E-state index contributed by atoms with van der Waals surface area (Å²) in [5.41, 5.74) is 3.08. The third-order valence-electron chi connectivity index (χ3n) is 8.31. The Morgan fingerprint density at radius 1 is 0.655 bits per heavy atom. The summed E-state index contributed by atoms with van der Waals surface area (Å²) < 4.78 is 0. The maximum Gasteiger partial charge on any atom is -0.0162 e. The molecule has 0 nitrogen and oxygen atoms in total. The minimum Gasteiger partial charge on any atom is -0.0651 e. The molecule has 0 spiro atoms. The van der Waals surface area contributed by atoms with Gasteiger partial charge in [-0.3, -0.25) is 0 Å². The van der Waals surface area contributed by atoms with Crippen molar-refractivity contribution in [2.75, 3.05) is 0 Å². The van der Waals surface area contributed by atoms with Crippen LogP contribution in [0.25, 0.3) is 10.8 Å². The fourth-order valence-electron chi connectivity index (χ4n) is 6.20. The van der Waals surface area contributed by atoms with Gasteiger partial charge in [0.15, 0.2) is 0 Å². The van der Waals surface area contributed by atoms with Crippen molar-refractivity contribution in [2.24, 2.45) is 17.8 Å². The quantitative estimate of drug-likeness (QED) is 0.442. The molecule has 2 fully saturated rings. The van der Waals surface area contributed by atoms with Crippen LogP contribution < -0.4 is 0 Å². The van der Waals surface area contributed by atoms with E-state index >= 15 is 0 Å². The van der Waals surface area contributed by atoms with E-state index in [1.54, 1.807) is 5.56 Å². The smallest absolute Gasteiger partial charge is 0.0162 e. The van der Waals surface area contributed by atoms with E-state index in [2.05, 4.69) is 50.2 Å².